The Morgan fingerprint density at radius 1 is 0.348 bits per heavy atom. The van der Waals surface area contributed by atoms with Crippen molar-refractivity contribution in [3.05, 3.63) is 164 Å². The SMILES string of the molecule is c1ccc(-c2cc(-c3ccc(-c4cnc(-c5ccccc5)o4)cc3)[o+]c(-c3ccc(-c4cnc(-c5ccccc5)o4)cc3)c2)cc1. The van der Waals surface area contributed by atoms with Gasteiger partial charge in [0.15, 0.2) is 11.5 Å². The maximum atomic E-state index is 6.56. The predicted octanol–water partition coefficient (Wildman–Crippen LogP) is 11.2. The second-order valence-corrected chi connectivity index (χ2v) is 10.9. The maximum Gasteiger partial charge on any atom is 0.361 e. The summed E-state index contributed by atoms with van der Waals surface area (Å²) in [5.74, 6) is 4.14. The van der Waals surface area contributed by atoms with Gasteiger partial charge >= 0.3 is 11.5 Å². The average molecular weight is 596 g/mol. The lowest BCUT2D eigenvalue weighted by molar-refractivity contribution is 0.581. The van der Waals surface area contributed by atoms with Gasteiger partial charge in [0.2, 0.25) is 11.8 Å². The van der Waals surface area contributed by atoms with Crippen molar-refractivity contribution in [3.63, 3.8) is 0 Å². The molecule has 0 N–H and O–H groups in total. The molecule has 0 spiro atoms. The summed E-state index contributed by atoms with van der Waals surface area (Å²) in [7, 11) is 0. The predicted molar refractivity (Wildman–Crippen MR) is 181 cm³/mol. The zero-order chi connectivity index (χ0) is 30.7. The molecule has 218 valence electrons. The molecule has 0 bridgehead atoms. The third-order valence-electron chi connectivity index (χ3n) is 7.86. The molecule has 5 heteroatoms. The van der Waals surface area contributed by atoms with Crippen LogP contribution >= 0.6 is 0 Å². The molecule has 0 unspecified atom stereocenters. The fraction of sp³-hybridized carbons (Fsp3) is 0. The van der Waals surface area contributed by atoms with Gasteiger partial charge in [-0.25, -0.2) is 14.4 Å². The summed E-state index contributed by atoms with van der Waals surface area (Å²) in [6, 6.07) is 50.6. The van der Waals surface area contributed by atoms with Gasteiger partial charge in [-0.3, -0.25) is 0 Å². The Bertz CT molecular complexity index is 2080. The standard InChI is InChI=1S/C41H27N2O3/c1-4-10-28(11-5-1)35-24-36(29-16-20-31(21-17-29)38-26-42-40(45-38)33-12-6-2-7-13-33)44-37(25-35)30-18-22-32(23-19-30)39-27-43-41(46-39)34-14-8-3-9-15-34/h1-27H/q+1. The molecule has 5 nitrogen and oxygen atoms in total. The van der Waals surface area contributed by atoms with Crippen LogP contribution in [0.3, 0.4) is 0 Å². The Kier molecular flexibility index (Phi) is 7.09. The zero-order valence-corrected chi connectivity index (χ0v) is 24.7. The van der Waals surface area contributed by atoms with E-state index in [4.69, 9.17) is 13.3 Å². The molecular weight excluding hydrogens is 568 g/mol. The highest BCUT2D eigenvalue weighted by Gasteiger charge is 2.21. The van der Waals surface area contributed by atoms with E-state index in [-0.39, 0.29) is 0 Å². The second-order valence-electron chi connectivity index (χ2n) is 10.9. The van der Waals surface area contributed by atoms with Crippen molar-refractivity contribution in [3.8, 4) is 79.3 Å². The Hall–Kier alpha value is -6.33. The van der Waals surface area contributed by atoms with Crippen molar-refractivity contribution in [1.29, 1.82) is 0 Å². The minimum atomic E-state index is 0.598. The summed E-state index contributed by atoms with van der Waals surface area (Å²) in [6.07, 6.45) is 3.53. The van der Waals surface area contributed by atoms with E-state index < -0.39 is 0 Å². The molecule has 8 aromatic rings. The lowest BCUT2D eigenvalue weighted by Crippen LogP contribution is -1.87. The highest BCUT2D eigenvalue weighted by Crippen LogP contribution is 2.35. The number of oxazole rings is 2. The third-order valence-corrected chi connectivity index (χ3v) is 7.86. The molecule has 5 aromatic carbocycles. The first-order chi connectivity index (χ1) is 22.8. The highest BCUT2D eigenvalue weighted by atomic mass is 16.4. The molecule has 0 aliphatic heterocycles. The number of rotatable bonds is 7. The second kappa shape index (κ2) is 12.0. The van der Waals surface area contributed by atoms with Gasteiger partial charge in [-0.2, -0.15) is 0 Å². The van der Waals surface area contributed by atoms with Crippen molar-refractivity contribution in [2.75, 3.05) is 0 Å². The van der Waals surface area contributed by atoms with Crippen molar-refractivity contribution >= 4 is 0 Å². The molecule has 0 aliphatic carbocycles. The van der Waals surface area contributed by atoms with Crippen LogP contribution in [0.4, 0.5) is 0 Å². The quantitative estimate of drug-likeness (QED) is 0.172. The molecule has 0 amide bonds. The van der Waals surface area contributed by atoms with Crippen molar-refractivity contribution < 1.29 is 13.3 Å². The van der Waals surface area contributed by atoms with Crippen LogP contribution in [-0.2, 0) is 0 Å². The lowest BCUT2D eigenvalue weighted by atomic mass is 10.0. The van der Waals surface area contributed by atoms with Gasteiger partial charge in [0.1, 0.15) is 0 Å². The first kappa shape index (κ1) is 27.2. The van der Waals surface area contributed by atoms with E-state index in [0.717, 1.165) is 56.0 Å². The Balaban J connectivity index is 1.11. The number of aromatic nitrogens is 2. The summed E-state index contributed by atoms with van der Waals surface area (Å²) in [4.78, 5) is 8.96. The number of hydrogen-bond acceptors (Lipinski definition) is 4. The summed E-state index contributed by atoms with van der Waals surface area (Å²) in [5, 5.41) is 0. The van der Waals surface area contributed by atoms with E-state index in [0.29, 0.717) is 23.3 Å². The molecule has 0 radical (unpaired) electrons. The van der Waals surface area contributed by atoms with Gasteiger partial charge in [-0.15, -0.1) is 0 Å². The first-order valence-corrected chi connectivity index (χ1v) is 15.0. The van der Waals surface area contributed by atoms with Gasteiger partial charge in [0, 0.05) is 27.8 Å². The molecule has 0 atom stereocenters. The van der Waals surface area contributed by atoms with E-state index in [9.17, 15) is 0 Å². The largest absolute Gasteiger partial charge is 0.436 e. The van der Waals surface area contributed by atoms with Crippen LogP contribution in [0, 0.1) is 0 Å². The number of nitrogens with zero attached hydrogens (tertiary/aromatic N) is 2. The minimum absolute atomic E-state index is 0.598. The number of hydrogen-bond donors (Lipinski definition) is 0. The zero-order valence-electron chi connectivity index (χ0n) is 24.7. The highest BCUT2D eigenvalue weighted by molar-refractivity contribution is 5.76. The minimum Gasteiger partial charge on any atom is -0.436 e. The molecule has 46 heavy (non-hydrogen) atoms. The van der Waals surface area contributed by atoms with Gasteiger partial charge in [0.05, 0.1) is 35.7 Å². The summed E-state index contributed by atoms with van der Waals surface area (Å²) in [6.45, 7) is 0. The van der Waals surface area contributed by atoms with Crippen LogP contribution in [0.25, 0.3) is 79.3 Å². The topological polar surface area (TPSA) is 63.4 Å². The van der Waals surface area contributed by atoms with Gasteiger partial charge in [-0.05, 0) is 54.1 Å². The Labute approximate surface area is 266 Å². The fourth-order valence-electron chi connectivity index (χ4n) is 5.42. The van der Waals surface area contributed by atoms with Crippen molar-refractivity contribution in [2.24, 2.45) is 0 Å². The summed E-state index contributed by atoms with van der Waals surface area (Å²) >= 11 is 0. The van der Waals surface area contributed by atoms with E-state index in [1.54, 1.807) is 12.4 Å². The van der Waals surface area contributed by atoms with Gasteiger partial charge in [0.25, 0.3) is 0 Å². The van der Waals surface area contributed by atoms with Crippen LogP contribution < -0.4 is 0 Å². The summed E-state index contributed by atoms with van der Waals surface area (Å²) < 4.78 is 18.7. The molecule has 3 heterocycles. The normalized spacial score (nSPS) is 11.0. The van der Waals surface area contributed by atoms with E-state index in [1.165, 1.54) is 0 Å². The van der Waals surface area contributed by atoms with Crippen LogP contribution in [0.5, 0.6) is 0 Å². The molecule has 0 fully saturated rings. The number of benzene rings is 5. The van der Waals surface area contributed by atoms with Crippen LogP contribution in [0.1, 0.15) is 0 Å². The summed E-state index contributed by atoms with van der Waals surface area (Å²) in [5.41, 5.74) is 7.86. The maximum absolute atomic E-state index is 6.56. The van der Waals surface area contributed by atoms with Crippen LogP contribution in [-0.4, -0.2) is 9.97 Å². The fourth-order valence-corrected chi connectivity index (χ4v) is 5.42. The van der Waals surface area contributed by atoms with E-state index in [1.807, 2.05) is 103 Å². The van der Waals surface area contributed by atoms with Gasteiger partial charge < -0.3 is 8.83 Å². The van der Waals surface area contributed by atoms with Crippen molar-refractivity contribution in [1.82, 2.24) is 9.97 Å². The molecular formula is C41H27N2O3+. The molecule has 0 aliphatic rings. The van der Waals surface area contributed by atoms with E-state index >= 15 is 0 Å². The van der Waals surface area contributed by atoms with E-state index in [2.05, 4.69) is 58.5 Å². The third kappa shape index (κ3) is 5.53. The monoisotopic (exact) mass is 595 g/mol. The first-order valence-electron chi connectivity index (χ1n) is 15.0. The lowest BCUT2D eigenvalue weighted by Gasteiger charge is -2.03. The molecule has 0 saturated heterocycles. The Morgan fingerprint density at radius 3 is 1.13 bits per heavy atom. The van der Waals surface area contributed by atoms with Crippen LogP contribution in [0.2, 0.25) is 0 Å². The average Bonchev–Trinajstić information content (AvgIpc) is 3.84. The molecule has 3 aromatic heterocycles. The van der Waals surface area contributed by atoms with Gasteiger partial charge in [-0.1, -0.05) is 91.0 Å². The van der Waals surface area contributed by atoms with Crippen molar-refractivity contribution in [2.45, 2.75) is 0 Å². The Morgan fingerprint density at radius 2 is 0.717 bits per heavy atom. The van der Waals surface area contributed by atoms with Crippen LogP contribution in [0.15, 0.2) is 177 Å². The smallest absolute Gasteiger partial charge is 0.361 e. The molecule has 8 rings (SSSR count). The molecule has 0 saturated carbocycles.